The summed E-state index contributed by atoms with van der Waals surface area (Å²) in [6.07, 6.45) is 2.88. The van der Waals surface area contributed by atoms with Gasteiger partial charge in [0.05, 0.1) is 22.8 Å². The summed E-state index contributed by atoms with van der Waals surface area (Å²) < 4.78 is 15.8. The molecule has 0 radical (unpaired) electrons. The van der Waals surface area contributed by atoms with Crippen molar-refractivity contribution in [1.82, 2.24) is 9.78 Å². The molecule has 1 aromatic heterocycles. The molecule has 4 nitrogen and oxygen atoms in total. The molecule has 0 saturated carbocycles. The Morgan fingerprint density at radius 2 is 2.14 bits per heavy atom. The van der Waals surface area contributed by atoms with Crippen molar-refractivity contribution in [2.45, 2.75) is 13.3 Å². The van der Waals surface area contributed by atoms with Crippen molar-refractivity contribution in [3.05, 3.63) is 46.5 Å². The van der Waals surface area contributed by atoms with Crippen LogP contribution in [0, 0.1) is 12.7 Å². The molecule has 2 N–H and O–H groups in total. The molecule has 0 amide bonds. The summed E-state index contributed by atoms with van der Waals surface area (Å²) in [6.45, 7) is 3.27. The van der Waals surface area contributed by atoms with Crippen LogP contribution in [-0.4, -0.2) is 22.9 Å². The fraction of sp³-hybridized carbons (Fsp3) is 0.312. The van der Waals surface area contributed by atoms with Crippen molar-refractivity contribution in [2.75, 3.05) is 23.7 Å². The van der Waals surface area contributed by atoms with Gasteiger partial charge in [-0.1, -0.05) is 17.7 Å². The van der Waals surface area contributed by atoms with Gasteiger partial charge in [-0.3, -0.25) is 4.68 Å². The molecule has 0 unspecified atom stereocenters. The predicted molar refractivity (Wildman–Crippen MR) is 88.6 cm³/mol. The molecule has 116 valence electrons. The van der Waals surface area contributed by atoms with E-state index in [1.165, 1.54) is 6.07 Å². The van der Waals surface area contributed by atoms with Crippen molar-refractivity contribution in [3.63, 3.8) is 0 Å². The minimum absolute atomic E-state index is 0.291. The van der Waals surface area contributed by atoms with Gasteiger partial charge in [0, 0.05) is 25.2 Å². The summed E-state index contributed by atoms with van der Waals surface area (Å²) in [5.41, 5.74) is 10.4. The second kappa shape index (κ2) is 5.65. The first-order chi connectivity index (χ1) is 10.5. The third-order valence-electron chi connectivity index (χ3n) is 4.03. The number of anilines is 2. The Hall–Kier alpha value is -2.01. The van der Waals surface area contributed by atoms with Gasteiger partial charge in [-0.15, -0.1) is 0 Å². The van der Waals surface area contributed by atoms with Crippen LogP contribution in [0.25, 0.3) is 5.57 Å². The van der Waals surface area contributed by atoms with Gasteiger partial charge in [-0.25, -0.2) is 4.39 Å². The number of nitrogens with two attached hydrogens (primary N) is 1. The topological polar surface area (TPSA) is 47.1 Å². The molecule has 6 heteroatoms. The number of nitrogen functional groups attached to an aromatic ring is 1. The summed E-state index contributed by atoms with van der Waals surface area (Å²) >= 11 is 5.80. The molecule has 1 aliphatic rings. The highest BCUT2D eigenvalue weighted by Crippen LogP contribution is 2.31. The number of nitrogens with zero attached hydrogens (tertiary/aromatic N) is 3. The van der Waals surface area contributed by atoms with Crippen molar-refractivity contribution < 1.29 is 4.39 Å². The van der Waals surface area contributed by atoms with E-state index in [-0.39, 0.29) is 5.82 Å². The fourth-order valence-corrected chi connectivity index (χ4v) is 3.05. The van der Waals surface area contributed by atoms with Crippen molar-refractivity contribution >= 4 is 28.5 Å². The smallest absolute Gasteiger partial charge is 0.147 e. The maximum atomic E-state index is 14.0. The quantitative estimate of drug-likeness (QED) is 0.922. The lowest BCUT2D eigenvalue weighted by atomic mass is 10.0. The number of rotatable bonds is 2. The van der Waals surface area contributed by atoms with Gasteiger partial charge < -0.3 is 10.6 Å². The normalized spacial score (nSPS) is 15.1. The molecular weight excluding hydrogens is 303 g/mol. The van der Waals surface area contributed by atoms with Crippen molar-refractivity contribution in [3.8, 4) is 0 Å². The standard InChI is InChI=1S/C16H18ClFN4/c1-10-15(19)16(21(2)20-10)11-5-7-22(8-6-11)14-4-3-12(17)9-13(14)18/h3-5,9H,6-8,19H2,1-2H3. The van der Waals surface area contributed by atoms with Gasteiger partial charge in [-0.05, 0) is 37.1 Å². The molecule has 0 bridgehead atoms. The second-order valence-corrected chi connectivity index (χ2v) is 5.93. The van der Waals surface area contributed by atoms with Crippen molar-refractivity contribution in [2.24, 2.45) is 7.05 Å². The van der Waals surface area contributed by atoms with E-state index < -0.39 is 0 Å². The van der Waals surface area contributed by atoms with Crippen LogP contribution in [0.5, 0.6) is 0 Å². The molecule has 3 rings (SSSR count). The maximum absolute atomic E-state index is 14.0. The van der Waals surface area contributed by atoms with Crippen LogP contribution in [0.3, 0.4) is 0 Å². The Bertz CT molecular complexity index is 751. The molecule has 1 aliphatic heterocycles. The summed E-state index contributed by atoms with van der Waals surface area (Å²) in [7, 11) is 1.89. The molecular formula is C16H18ClFN4. The largest absolute Gasteiger partial charge is 0.395 e. The number of hydrogen-bond acceptors (Lipinski definition) is 3. The third kappa shape index (κ3) is 2.57. The molecule has 0 spiro atoms. The average molecular weight is 321 g/mol. The van der Waals surface area contributed by atoms with Crippen LogP contribution in [0.15, 0.2) is 24.3 Å². The fourth-order valence-electron chi connectivity index (χ4n) is 2.90. The van der Waals surface area contributed by atoms with E-state index in [1.807, 2.05) is 23.6 Å². The molecule has 0 fully saturated rings. The molecule has 0 atom stereocenters. The minimum Gasteiger partial charge on any atom is -0.395 e. The SMILES string of the molecule is Cc1nn(C)c(C2=CCN(c3ccc(Cl)cc3F)CC2)c1N. The average Bonchev–Trinajstić information content (AvgIpc) is 2.73. The zero-order valence-electron chi connectivity index (χ0n) is 12.6. The molecule has 0 aliphatic carbocycles. The first-order valence-electron chi connectivity index (χ1n) is 7.16. The van der Waals surface area contributed by atoms with E-state index in [0.29, 0.717) is 17.3 Å². The minimum atomic E-state index is -0.291. The van der Waals surface area contributed by atoms with E-state index >= 15 is 0 Å². The Morgan fingerprint density at radius 3 is 2.68 bits per heavy atom. The van der Waals surface area contributed by atoms with Crippen LogP contribution in [0.1, 0.15) is 17.8 Å². The Morgan fingerprint density at radius 1 is 1.36 bits per heavy atom. The molecule has 0 saturated heterocycles. The Labute approximate surface area is 134 Å². The van der Waals surface area contributed by atoms with Crippen LogP contribution in [0.2, 0.25) is 5.02 Å². The predicted octanol–water partition coefficient (Wildman–Crippen LogP) is 3.40. The third-order valence-corrected chi connectivity index (χ3v) is 4.27. The van der Waals surface area contributed by atoms with E-state index in [9.17, 15) is 4.39 Å². The summed E-state index contributed by atoms with van der Waals surface area (Å²) in [5.74, 6) is -0.291. The molecule has 1 aromatic carbocycles. The van der Waals surface area contributed by atoms with E-state index in [4.69, 9.17) is 17.3 Å². The molecule has 2 heterocycles. The zero-order chi connectivity index (χ0) is 15.9. The van der Waals surface area contributed by atoms with Gasteiger partial charge >= 0.3 is 0 Å². The first-order valence-corrected chi connectivity index (χ1v) is 7.53. The van der Waals surface area contributed by atoms with Crippen LogP contribution < -0.4 is 10.6 Å². The Balaban J connectivity index is 1.85. The van der Waals surface area contributed by atoms with Crippen LogP contribution >= 0.6 is 11.6 Å². The second-order valence-electron chi connectivity index (χ2n) is 5.49. The summed E-state index contributed by atoms with van der Waals surface area (Å²) in [6, 6.07) is 4.78. The molecule has 22 heavy (non-hydrogen) atoms. The number of halogens is 2. The van der Waals surface area contributed by atoms with Crippen LogP contribution in [-0.2, 0) is 7.05 Å². The van der Waals surface area contributed by atoms with Gasteiger partial charge in [0.25, 0.3) is 0 Å². The van der Waals surface area contributed by atoms with Gasteiger partial charge in [0.1, 0.15) is 5.82 Å². The van der Waals surface area contributed by atoms with Crippen molar-refractivity contribution in [1.29, 1.82) is 0 Å². The Kier molecular flexibility index (Phi) is 3.83. The lowest BCUT2D eigenvalue weighted by molar-refractivity contribution is 0.619. The highest BCUT2D eigenvalue weighted by Gasteiger charge is 2.20. The van der Waals surface area contributed by atoms with Gasteiger partial charge in [0.15, 0.2) is 0 Å². The highest BCUT2D eigenvalue weighted by molar-refractivity contribution is 6.30. The van der Waals surface area contributed by atoms with E-state index in [1.54, 1.807) is 12.1 Å². The van der Waals surface area contributed by atoms with E-state index in [2.05, 4.69) is 11.2 Å². The summed E-state index contributed by atoms with van der Waals surface area (Å²) in [4.78, 5) is 1.99. The van der Waals surface area contributed by atoms with Gasteiger partial charge in [0.2, 0.25) is 0 Å². The van der Waals surface area contributed by atoms with Crippen LogP contribution in [0.4, 0.5) is 15.8 Å². The highest BCUT2D eigenvalue weighted by atomic mass is 35.5. The first kappa shape index (κ1) is 14.9. The van der Waals surface area contributed by atoms with E-state index in [0.717, 1.165) is 35.6 Å². The number of benzene rings is 1. The monoisotopic (exact) mass is 320 g/mol. The lowest BCUT2D eigenvalue weighted by Gasteiger charge is -2.29. The number of aromatic nitrogens is 2. The lowest BCUT2D eigenvalue weighted by Crippen LogP contribution is -2.29. The molecule has 2 aromatic rings. The summed E-state index contributed by atoms with van der Waals surface area (Å²) in [5, 5.41) is 4.76. The maximum Gasteiger partial charge on any atom is 0.147 e. The van der Waals surface area contributed by atoms with Gasteiger partial charge in [-0.2, -0.15) is 5.10 Å². The zero-order valence-corrected chi connectivity index (χ0v) is 13.4. The number of hydrogen-bond donors (Lipinski definition) is 1. The number of aryl methyl sites for hydroxylation is 2.